The van der Waals surface area contributed by atoms with Crippen LogP contribution in [0, 0.1) is 24.1 Å². The summed E-state index contributed by atoms with van der Waals surface area (Å²) < 4.78 is 27.4. The summed E-state index contributed by atoms with van der Waals surface area (Å²) in [6, 6.07) is 12.9. The highest BCUT2D eigenvalue weighted by molar-refractivity contribution is 7.16. The summed E-state index contributed by atoms with van der Waals surface area (Å²) in [7, 11) is 1.59. The lowest BCUT2D eigenvalue weighted by Crippen LogP contribution is -2.12. The Balaban J connectivity index is 1.52. The Hall–Kier alpha value is -3.57. The molecule has 3 aromatic heterocycles. The van der Waals surface area contributed by atoms with E-state index in [9.17, 15) is 9.65 Å². The number of anilines is 1. The largest absolute Gasteiger partial charge is 0.496 e. The third kappa shape index (κ3) is 4.12. The van der Waals surface area contributed by atoms with Crippen molar-refractivity contribution in [2.24, 2.45) is 0 Å². The van der Waals surface area contributed by atoms with Gasteiger partial charge < -0.3 is 19.4 Å². The van der Waals surface area contributed by atoms with Gasteiger partial charge in [-0.15, -0.1) is 11.3 Å². The van der Waals surface area contributed by atoms with Crippen LogP contribution >= 0.6 is 11.3 Å². The molecule has 0 aliphatic rings. The van der Waals surface area contributed by atoms with E-state index in [-0.39, 0.29) is 5.82 Å². The maximum Gasteiger partial charge on any atom is 0.148 e. The number of fused-ring (bicyclic) bond motifs is 1. The Morgan fingerprint density at radius 3 is 2.81 bits per heavy atom. The van der Waals surface area contributed by atoms with Crippen LogP contribution in [0.2, 0.25) is 0 Å². The van der Waals surface area contributed by atoms with Gasteiger partial charge in [0.15, 0.2) is 0 Å². The number of ether oxygens (including phenoxy) is 2. The summed E-state index contributed by atoms with van der Waals surface area (Å²) >= 11 is 1.36. The Morgan fingerprint density at radius 1 is 1.22 bits per heavy atom. The second-order valence-corrected chi connectivity index (χ2v) is 8.21. The Morgan fingerprint density at radius 2 is 2.06 bits per heavy atom. The van der Waals surface area contributed by atoms with E-state index >= 15 is 0 Å². The van der Waals surface area contributed by atoms with Crippen LogP contribution in [0.15, 0.2) is 42.6 Å². The lowest BCUT2D eigenvalue weighted by atomic mass is 10.2. The van der Waals surface area contributed by atoms with Crippen molar-refractivity contribution in [2.75, 3.05) is 25.6 Å². The normalized spacial score (nSPS) is 10.8. The third-order valence-corrected chi connectivity index (χ3v) is 6.22. The molecule has 0 saturated carbocycles. The lowest BCUT2D eigenvalue weighted by molar-refractivity contribution is 0.341. The van der Waals surface area contributed by atoms with Gasteiger partial charge in [0.25, 0.3) is 0 Å². The van der Waals surface area contributed by atoms with Gasteiger partial charge in [-0.3, -0.25) is 4.98 Å². The topological polar surface area (TPSA) is 72.1 Å². The van der Waals surface area contributed by atoms with Gasteiger partial charge in [-0.1, -0.05) is 0 Å². The number of thiophene rings is 1. The van der Waals surface area contributed by atoms with Gasteiger partial charge in [0.2, 0.25) is 0 Å². The van der Waals surface area contributed by atoms with Crippen molar-refractivity contribution >= 4 is 27.9 Å². The molecular weight excluding hydrogens is 427 g/mol. The summed E-state index contributed by atoms with van der Waals surface area (Å²) in [4.78, 5) is 5.85. The van der Waals surface area contributed by atoms with Gasteiger partial charge >= 0.3 is 0 Å². The molecule has 3 heterocycles. The summed E-state index contributed by atoms with van der Waals surface area (Å²) in [6.45, 7) is 5.54. The van der Waals surface area contributed by atoms with Crippen LogP contribution in [0.1, 0.15) is 17.5 Å². The van der Waals surface area contributed by atoms with Crippen molar-refractivity contribution in [3.8, 4) is 28.1 Å². The van der Waals surface area contributed by atoms with E-state index in [1.807, 2.05) is 42.7 Å². The summed E-state index contributed by atoms with van der Waals surface area (Å²) in [5.41, 5.74) is 3.17. The van der Waals surface area contributed by atoms with Gasteiger partial charge in [-0.05, 0) is 44.2 Å². The molecule has 0 amide bonds. The number of benzene rings is 1. The van der Waals surface area contributed by atoms with E-state index in [0.29, 0.717) is 41.6 Å². The number of rotatable bonds is 8. The van der Waals surface area contributed by atoms with E-state index in [0.717, 1.165) is 27.3 Å². The van der Waals surface area contributed by atoms with E-state index in [1.54, 1.807) is 19.4 Å². The quantitative estimate of drug-likeness (QED) is 0.378. The molecule has 0 spiro atoms. The van der Waals surface area contributed by atoms with Crippen molar-refractivity contribution < 1.29 is 13.9 Å². The molecular formula is C24H23FN4O2S. The van der Waals surface area contributed by atoms with Gasteiger partial charge in [-0.2, -0.15) is 5.26 Å². The first-order valence-electron chi connectivity index (χ1n) is 10.2. The number of hydrogen-bond acceptors (Lipinski definition) is 6. The number of methoxy groups -OCH3 is 1. The first-order chi connectivity index (χ1) is 15.5. The van der Waals surface area contributed by atoms with Gasteiger partial charge in [0.05, 0.1) is 29.8 Å². The number of aromatic nitrogens is 2. The molecule has 0 fully saturated rings. The molecule has 32 heavy (non-hydrogen) atoms. The van der Waals surface area contributed by atoms with E-state index in [2.05, 4.69) is 16.4 Å². The molecule has 8 heteroatoms. The highest BCUT2D eigenvalue weighted by atomic mass is 32.1. The Labute approximate surface area is 189 Å². The Bertz CT molecular complexity index is 1310. The van der Waals surface area contributed by atoms with Crippen LogP contribution in [-0.4, -0.2) is 29.8 Å². The third-order valence-electron chi connectivity index (χ3n) is 5.17. The lowest BCUT2D eigenvalue weighted by Gasteiger charge is -2.12. The molecule has 0 bridgehead atoms. The average molecular weight is 451 g/mol. The molecule has 4 rings (SSSR count). The van der Waals surface area contributed by atoms with Gasteiger partial charge in [-0.25, -0.2) is 4.39 Å². The molecule has 0 radical (unpaired) electrons. The number of nitrogens with zero attached hydrogens (tertiary/aromatic N) is 3. The highest BCUT2D eigenvalue weighted by Gasteiger charge is 2.15. The molecule has 0 aliphatic heterocycles. The maximum absolute atomic E-state index is 14.5. The number of pyridine rings is 1. The number of nitriles is 1. The predicted octanol–water partition coefficient (Wildman–Crippen LogP) is 5.60. The second-order valence-electron chi connectivity index (χ2n) is 7.15. The first kappa shape index (κ1) is 21.7. The highest BCUT2D eigenvalue weighted by Crippen LogP contribution is 2.36. The smallest absolute Gasteiger partial charge is 0.148 e. The average Bonchev–Trinajstić information content (AvgIpc) is 3.36. The number of nitrogens with one attached hydrogen (secondary N) is 1. The zero-order valence-corrected chi connectivity index (χ0v) is 18.9. The van der Waals surface area contributed by atoms with Crippen molar-refractivity contribution in [3.63, 3.8) is 0 Å². The van der Waals surface area contributed by atoms with Crippen molar-refractivity contribution in [2.45, 2.75) is 20.4 Å². The molecule has 0 unspecified atom stereocenters. The van der Waals surface area contributed by atoms with Crippen LogP contribution in [0.3, 0.4) is 0 Å². The van der Waals surface area contributed by atoms with E-state index in [4.69, 9.17) is 9.47 Å². The van der Waals surface area contributed by atoms with Gasteiger partial charge in [0, 0.05) is 42.1 Å². The zero-order chi connectivity index (χ0) is 22.7. The van der Waals surface area contributed by atoms with Crippen LogP contribution in [0.25, 0.3) is 21.5 Å². The molecule has 1 N–H and O–H groups in total. The molecule has 1 aromatic carbocycles. The fraction of sp³-hybridized carbons (Fsp3) is 0.250. The van der Waals surface area contributed by atoms with Crippen LogP contribution in [0.4, 0.5) is 10.1 Å². The Kier molecular flexibility index (Phi) is 6.28. The second kappa shape index (κ2) is 9.28. The maximum atomic E-state index is 14.5. The predicted molar refractivity (Wildman–Crippen MR) is 125 cm³/mol. The fourth-order valence-electron chi connectivity index (χ4n) is 3.73. The summed E-state index contributed by atoms with van der Waals surface area (Å²) in [5, 5.41) is 13.5. The van der Waals surface area contributed by atoms with E-state index in [1.165, 1.54) is 17.4 Å². The van der Waals surface area contributed by atoms with Gasteiger partial charge in [0.1, 0.15) is 28.3 Å². The molecule has 0 atom stereocenters. The number of halogens is 1. The number of hydrogen-bond donors (Lipinski definition) is 1. The number of aryl methyl sites for hydroxylation is 1. The SMILES string of the molecule is CCOc1cc(-c2cc(NCCn3c(C)cc4c(OC)ccc(F)c43)ccn2)sc1C#N. The minimum atomic E-state index is -0.267. The van der Waals surface area contributed by atoms with E-state index < -0.39 is 0 Å². The molecule has 164 valence electrons. The van der Waals surface area contributed by atoms with Crippen molar-refractivity contribution in [3.05, 3.63) is 59.0 Å². The molecule has 4 aromatic rings. The van der Waals surface area contributed by atoms with Crippen LogP contribution < -0.4 is 14.8 Å². The minimum Gasteiger partial charge on any atom is -0.496 e. The monoisotopic (exact) mass is 450 g/mol. The summed E-state index contributed by atoms with van der Waals surface area (Å²) in [6.07, 6.45) is 1.73. The van der Waals surface area contributed by atoms with Crippen molar-refractivity contribution in [1.82, 2.24) is 9.55 Å². The van der Waals surface area contributed by atoms with Crippen molar-refractivity contribution in [1.29, 1.82) is 5.26 Å². The fourth-order valence-corrected chi connectivity index (χ4v) is 4.60. The first-order valence-corrected chi connectivity index (χ1v) is 11.1. The molecule has 6 nitrogen and oxygen atoms in total. The minimum absolute atomic E-state index is 0.267. The van der Waals surface area contributed by atoms with Crippen LogP contribution in [-0.2, 0) is 6.54 Å². The van der Waals surface area contributed by atoms with Crippen LogP contribution in [0.5, 0.6) is 11.5 Å². The molecule has 0 aliphatic carbocycles. The molecule has 0 saturated heterocycles. The standard InChI is InChI=1S/C24H23FN4O2S/c1-4-31-21-13-22(32-23(21)14-26)19-12-16(7-8-28-19)27-9-10-29-15(2)11-17-20(30-3)6-5-18(25)24(17)29/h5-8,11-13H,4,9-10H2,1-3H3,(H,27,28). The zero-order valence-electron chi connectivity index (χ0n) is 18.1. The summed E-state index contributed by atoms with van der Waals surface area (Å²) in [5.74, 6) is 0.980.